The van der Waals surface area contributed by atoms with Gasteiger partial charge in [0.25, 0.3) is 0 Å². The summed E-state index contributed by atoms with van der Waals surface area (Å²) in [7, 11) is 2.09. The number of aliphatic hydroxyl groups is 1. The lowest BCUT2D eigenvalue weighted by Crippen LogP contribution is -2.44. The van der Waals surface area contributed by atoms with Gasteiger partial charge < -0.3 is 9.84 Å². The Morgan fingerprint density at radius 1 is 1.33 bits per heavy atom. The zero-order chi connectivity index (χ0) is 11.3. The topological polar surface area (TPSA) is 32.7 Å². The van der Waals surface area contributed by atoms with Crippen molar-refractivity contribution in [3.05, 3.63) is 0 Å². The lowest BCUT2D eigenvalue weighted by Gasteiger charge is -2.35. The molecule has 0 aromatic rings. The van der Waals surface area contributed by atoms with Crippen molar-refractivity contribution in [2.24, 2.45) is 0 Å². The second-order valence-electron chi connectivity index (χ2n) is 4.82. The molecule has 0 saturated heterocycles. The first-order valence-corrected chi connectivity index (χ1v) is 6.11. The van der Waals surface area contributed by atoms with Gasteiger partial charge in [-0.2, -0.15) is 0 Å². The first kappa shape index (κ1) is 12.9. The quantitative estimate of drug-likeness (QED) is 0.757. The standard InChI is InChI=1S/C12H25NO2/c1-10(2)15-9-8-13(3)11-6-4-5-7-12(11)14/h10-12,14H,4-9H2,1-3H3. The Morgan fingerprint density at radius 2 is 2.00 bits per heavy atom. The van der Waals surface area contributed by atoms with Gasteiger partial charge in [-0.25, -0.2) is 0 Å². The molecule has 0 spiro atoms. The molecule has 15 heavy (non-hydrogen) atoms. The molecule has 2 atom stereocenters. The second kappa shape index (κ2) is 6.46. The summed E-state index contributed by atoms with van der Waals surface area (Å²) in [6, 6.07) is 0.342. The van der Waals surface area contributed by atoms with E-state index in [0.717, 1.165) is 26.0 Å². The van der Waals surface area contributed by atoms with E-state index in [2.05, 4.69) is 25.8 Å². The van der Waals surface area contributed by atoms with Crippen LogP contribution >= 0.6 is 0 Å². The van der Waals surface area contributed by atoms with Crippen molar-refractivity contribution in [2.75, 3.05) is 20.2 Å². The fourth-order valence-corrected chi connectivity index (χ4v) is 2.20. The van der Waals surface area contributed by atoms with Gasteiger partial charge in [0.15, 0.2) is 0 Å². The van der Waals surface area contributed by atoms with E-state index in [-0.39, 0.29) is 6.10 Å². The van der Waals surface area contributed by atoms with E-state index in [1.807, 2.05) is 0 Å². The lowest BCUT2D eigenvalue weighted by atomic mass is 9.92. The van der Waals surface area contributed by atoms with Gasteiger partial charge in [0.1, 0.15) is 0 Å². The third-order valence-electron chi connectivity index (χ3n) is 3.16. The van der Waals surface area contributed by atoms with E-state index in [1.54, 1.807) is 0 Å². The number of nitrogens with zero attached hydrogens (tertiary/aromatic N) is 1. The predicted octanol–water partition coefficient (Wildman–Crippen LogP) is 1.65. The summed E-state index contributed by atoms with van der Waals surface area (Å²) in [6.45, 7) is 5.78. The molecule has 3 nitrogen and oxygen atoms in total. The van der Waals surface area contributed by atoms with Crippen LogP contribution in [0.15, 0.2) is 0 Å². The van der Waals surface area contributed by atoms with Gasteiger partial charge in [0.05, 0.1) is 18.8 Å². The van der Waals surface area contributed by atoms with Crippen LogP contribution in [0.2, 0.25) is 0 Å². The average molecular weight is 215 g/mol. The van der Waals surface area contributed by atoms with Crippen LogP contribution in [0.4, 0.5) is 0 Å². The Hall–Kier alpha value is -0.120. The van der Waals surface area contributed by atoms with Gasteiger partial charge in [-0.1, -0.05) is 12.8 Å². The minimum atomic E-state index is -0.136. The van der Waals surface area contributed by atoms with Gasteiger partial charge in [0.2, 0.25) is 0 Å². The van der Waals surface area contributed by atoms with Gasteiger partial charge >= 0.3 is 0 Å². The number of hydrogen-bond donors (Lipinski definition) is 1. The molecule has 0 aromatic carbocycles. The van der Waals surface area contributed by atoms with Crippen LogP contribution in [0.25, 0.3) is 0 Å². The van der Waals surface area contributed by atoms with Crippen molar-refractivity contribution in [2.45, 2.75) is 57.8 Å². The Bertz CT molecular complexity index is 173. The van der Waals surface area contributed by atoms with Crippen LogP contribution in [0.3, 0.4) is 0 Å². The highest BCUT2D eigenvalue weighted by Gasteiger charge is 2.26. The molecule has 0 heterocycles. The smallest absolute Gasteiger partial charge is 0.0695 e. The Kier molecular flexibility index (Phi) is 5.58. The summed E-state index contributed by atoms with van der Waals surface area (Å²) in [5.41, 5.74) is 0. The summed E-state index contributed by atoms with van der Waals surface area (Å²) in [5, 5.41) is 9.87. The molecule has 1 saturated carbocycles. The monoisotopic (exact) mass is 215 g/mol. The highest BCUT2D eigenvalue weighted by Crippen LogP contribution is 2.22. The van der Waals surface area contributed by atoms with Crippen LogP contribution in [-0.2, 0) is 4.74 Å². The minimum absolute atomic E-state index is 0.136. The predicted molar refractivity (Wildman–Crippen MR) is 62.0 cm³/mol. The number of rotatable bonds is 5. The van der Waals surface area contributed by atoms with Crippen molar-refractivity contribution in [1.82, 2.24) is 4.90 Å². The van der Waals surface area contributed by atoms with Crippen LogP contribution in [0, 0.1) is 0 Å². The molecule has 1 aliphatic carbocycles. The molecule has 1 N–H and O–H groups in total. The third-order valence-corrected chi connectivity index (χ3v) is 3.16. The van der Waals surface area contributed by atoms with Crippen molar-refractivity contribution >= 4 is 0 Å². The maximum Gasteiger partial charge on any atom is 0.0695 e. The molecule has 3 heteroatoms. The highest BCUT2D eigenvalue weighted by atomic mass is 16.5. The Labute approximate surface area is 93.4 Å². The first-order valence-electron chi connectivity index (χ1n) is 6.11. The molecule has 0 bridgehead atoms. The molecule has 2 unspecified atom stereocenters. The Balaban J connectivity index is 2.22. The summed E-state index contributed by atoms with van der Waals surface area (Å²) in [4.78, 5) is 2.24. The molecule has 1 rings (SSSR count). The lowest BCUT2D eigenvalue weighted by molar-refractivity contribution is 0.00704. The number of aliphatic hydroxyl groups excluding tert-OH is 1. The third kappa shape index (κ3) is 4.49. The van der Waals surface area contributed by atoms with E-state index in [1.165, 1.54) is 12.8 Å². The molecular weight excluding hydrogens is 190 g/mol. The normalized spacial score (nSPS) is 27.6. The zero-order valence-electron chi connectivity index (χ0n) is 10.3. The van der Waals surface area contributed by atoms with Crippen molar-refractivity contribution < 1.29 is 9.84 Å². The number of ether oxygens (including phenoxy) is 1. The van der Waals surface area contributed by atoms with Gasteiger partial charge in [0, 0.05) is 12.6 Å². The molecule has 0 aliphatic heterocycles. The van der Waals surface area contributed by atoms with E-state index in [4.69, 9.17) is 4.74 Å². The van der Waals surface area contributed by atoms with Crippen LogP contribution in [0.5, 0.6) is 0 Å². The Morgan fingerprint density at radius 3 is 2.60 bits per heavy atom. The summed E-state index contributed by atoms with van der Waals surface area (Å²) < 4.78 is 5.52. The number of hydrogen-bond acceptors (Lipinski definition) is 3. The van der Waals surface area contributed by atoms with Gasteiger partial charge in [-0.3, -0.25) is 4.90 Å². The van der Waals surface area contributed by atoms with E-state index >= 15 is 0 Å². The maximum absolute atomic E-state index is 9.87. The molecule has 0 aromatic heterocycles. The van der Waals surface area contributed by atoms with E-state index in [9.17, 15) is 5.11 Å². The molecule has 0 amide bonds. The van der Waals surface area contributed by atoms with E-state index in [0.29, 0.717) is 12.1 Å². The highest BCUT2D eigenvalue weighted by molar-refractivity contribution is 4.81. The van der Waals surface area contributed by atoms with Gasteiger partial charge in [-0.15, -0.1) is 0 Å². The zero-order valence-corrected chi connectivity index (χ0v) is 10.3. The maximum atomic E-state index is 9.87. The summed E-state index contributed by atoms with van der Waals surface area (Å²) >= 11 is 0. The fourth-order valence-electron chi connectivity index (χ4n) is 2.20. The van der Waals surface area contributed by atoms with Gasteiger partial charge in [-0.05, 0) is 33.7 Å². The molecular formula is C12H25NO2. The van der Waals surface area contributed by atoms with Crippen LogP contribution in [0.1, 0.15) is 39.5 Å². The molecule has 1 fully saturated rings. The summed E-state index contributed by atoms with van der Waals surface area (Å²) in [5.74, 6) is 0. The van der Waals surface area contributed by atoms with Crippen molar-refractivity contribution in [3.8, 4) is 0 Å². The molecule has 1 aliphatic rings. The number of likely N-dealkylation sites (N-methyl/N-ethyl adjacent to an activating group) is 1. The van der Waals surface area contributed by atoms with Crippen LogP contribution < -0.4 is 0 Å². The molecule has 0 radical (unpaired) electrons. The largest absolute Gasteiger partial charge is 0.391 e. The minimum Gasteiger partial charge on any atom is -0.391 e. The van der Waals surface area contributed by atoms with Crippen molar-refractivity contribution in [1.29, 1.82) is 0 Å². The van der Waals surface area contributed by atoms with E-state index < -0.39 is 0 Å². The van der Waals surface area contributed by atoms with Crippen molar-refractivity contribution in [3.63, 3.8) is 0 Å². The SMILES string of the molecule is CC(C)OCCN(C)C1CCCCC1O. The summed E-state index contributed by atoms with van der Waals surface area (Å²) in [6.07, 6.45) is 4.67. The molecule has 90 valence electrons. The fraction of sp³-hybridized carbons (Fsp3) is 1.00. The second-order valence-corrected chi connectivity index (χ2v) is 4.82. The van der Waals surface area contributed by atoms with Crippen LogP contribution in [-0.4, -0.2) is 48.5 Å². The average Bonchev–Trinajstić information content (AvgIpc) is 2.17. The first-order chi connectivity index (χ1) is 7.11.